The van der Waals surface area contributed by atoms with Crippen LogP contribution < -0.4 is 5.32 Å². The highest BCUT2D eigenvalue weighted by Gasteiger charge is 2.34. The Morgan fingerprint density at radius 3 is 1.66 bits per heavy atom. The Kier molecular flexibility index (Phi) is 4.93. The molecule has 1 nitrogen and oxygen atoms in total. The van der Waals surface area contributed by atoms with Crippen molar-refractivity contribution in [2.75, 3.05) is 5.32 Å². The molecule has 1 aliphatic rings. The van der Waals surface area contributed by atoms with Gasteiger partial charge in [-0.1, -0.05) is 90.5 Å². The predicted octanol–water partition coefficient (Wildman–Crippen LogP) is 8.12. The molecule has 0 aromatic heterocycles. The van der Waals surface area contributed by atoms with Gasteiger partial charge < -0.3 is 5.32 Å². The van der Waals surface area contributed by atoms with E-state index < -0.39 is 0 Å². The van der Waals surface area contributed by atoms with Crippen molar-refractivity contribution in [3.8, 4) is 11.1 Å². The fourth-order valence-electron chi connectivity index (χ4n) is 5.57. The number of hydrogen-bond acceptors (Lipinski definition) is 1. The van der Waals surface area contributed by atoms with E-state index in [0.29, 0.717) is 0 Å². The molecule has 0 saturated heterocycles. The lowest BCUT2D eigenvalue weighted by molar-refractivity contribution is 0.598. The topological polar surface area (TPSA) is 12.0 Å². The van der Waals surface area contributed by atoms with E-state index in [1.807, 2.05) is 0 Å². The third-order valence-electron chi connectivity index (χ3n) is 6.89. The van der Waals surface area contributed by atoms with Gasteiger partial charge in [0.05, 0.1) is 5.54 Å². The Labute approximate surface area is 192 Å². The average molecular weight is 418 g/mol. The molecule has 0 amide bonds. The van der Waals surface area contributed by atoms with Crippen LogP contribution in [0.4, 0.5) is 5.69 Å². The molecule has 160 valence electrons. The number of rotatable bonds is 4. The molecule has 0 fully saturated rings. The highest BCUT2D eigenvalue weighted by Crippen LogP contribution is 2.49. The number of fused-ring (bicyclic) bond motifs is 3. The molecule has 0 aliphatic heterocycles. The van der Waals surface area contributed by atoms with Crippen molar-refractivity contribution >= 4 is 5.69 Å². The molecule has 1 aliphatic carbocycles. The lowest BCUT2D eigenvalue weighted by Gasteiger charge is -2.33. The zero-order valence-corrected chi connectivity index (χ0v) is 19.7. The molecular formula is C31H31N. The first-order valence-corrected chi connectivity index (χ1v) is 11.5. The third kappa shape index (κ3) is 3.33. The Morgan fingerprint density at radius 1 is 0.625 bits per heavy atom. The van der Waals surface area contributed by atoms with Crippen molar-refractivity contribution in [2.45, 2.75) is 46.1 Å². The van der Waals surface area contributed by atoms with Gasteiger partial charge in [0.15, 0.2) is 0 Å². The minimum atomic E-state index is -0.228. The van der Waals surface area contributed by atoms with Crippen LogP contribution in [0.15, 0.2) is 84.9 Å². The van der Waals surface area contributed by atoms with E-state index in [1.165, 1.54) is 55.8 Å². The maximum Gasteiger partial charge on any atom is 0.0572 e. The van der Waals surface area contributed by atoms with Crippen LogP contribution in [0.5, 0.6) is 0 Å². The molecule has 0 spiro atoms. The van der Waals surface area contributed by atoms with Crippen molar-refractivity contribution in [3.63, 3.8) is 0 Å². The first kappa shape index (κ1) is 20.6. The van der Waals surface area contributed by atoms with Gasteiger partial charge in [0.2, 0.25) is 0 Å². The molecule has 5 rings (SSSR count). The molecule has 0 heterocycles. The van der Waals surface area contributed by atoms with Gasteiger partial charge in [0.25, 0.3) is 0 Å². The highest BCUT2D eigenvalue weighted by molar-refractivity contribution is 5.81. The fraction of sp³-hybridized carbons (Fsp3) is 0.226. The summed E-state index contributed by atoms with van der Waals surface area (Å²) in [6, 6.07) is 31.3. The van der Waals surface area contributed by atoms with Crippen molar-refractivity contribution in [1.82, 2.24) is 0 Å². The maximum absolute atomic E-state index is 3.91. The summed E-state index contributed by atoms with van der Waals surface area (Å²) in [4.78, 5) is 0. The van der Waals surface area contributed by atoms with Crippen LogP contribution in [0.2, 0.25) is 0 Å². The summed E-state index contributed by atoms with van der Waals surface area (Å²) < 4.78 is 0. The Balaban J connectivity index is 1.64. The first-order valence-electron chi connectivity index (χ1n) is 11.5. The van der Waals surface area contributed by atoms with Crippen LogP contribution >= 0.6 is 0 Å². The fourth-order valence-corrected chi connectivity index (χ4v) is 5.57. The Hall–Kier alpha value is -3.32. The van der Waals surface area contributed by atoms with Crippen molar-refractivity contribution in [3.05, 3.63) is 124 Å². The van der Waals surface area contributed by atoms with E-state index >= 15 is 0 Å². The minimum Gasteiger partial charge on any atom is -0.376 e. The first-order chi connectivity index (χ1) is 15.4. The van der Waals surface area contributed by atoms with E-state index in [0.717, 1.165) is 0 Å². The van der Waals surface area contributed by atoms with Gasteiger partial charge in [-0.3, -0.25) is 0 Å². The summed E-state index contributed by atoms with van der Waals surface area (Å²) >= 11 is 0. The lowest BCUT2D eigenvalue weighted by Crippen LogP contribution is -2.30. The largest absolute Gasteiger partial charge is 0.376 e. The van der Waals surface area contributed by atoms with Gasteiger partial charge in [-0.2, -0.15) is 0 Å². The molecule has 1 heteroatoms. The summed E-state index contributed by atoms with van der Waals surface area (Å²) in [5, 5.41) is 3.91. The Morgan fingerprint density at radius 2 is 1.09 bits per heavy atom. The number of nitrogens with one attached hydrogen (secondary N) is 1. The van der Waals surface area contributed by atoms with Gasteiger partial charge in [0.1, 0.15) is 0 Å². The molecule has 0 unspecified atom stereocenters. The summed E-state index contributed by atoms with van der Waals surface area (Å²) in [7, 11) is 0. The van der Waals surface area contributed by atoms with E-state index in [2.05, 4.69) is 125 Å². The molecule has 32 heavy (non-hydrogen) atoms. The van der Waals surface area contributed by atoms with Crippen molar-refractivity contribution < 1.29 is 0 Å². The van der Waals surface area contributed by atoms with E-state index in [1.54, 1.807) is 0 Å². The lowest BCUT2D eigenvalue weighted by atomic mass is 9.80. The zero-order chi connectivity index (χ0) is 22.5. The van der Waals surface area contributed by atoms with Gasteiger partial charge in [-0.05, 0) is 79.1 Å². The van der Waals surface area contributed by atoms with E-state index in [-0.39, 0.29) is 11.5 Å². The number of aryl methyl sites for hydroxylation is 3. The SMILES string of the molecule is Cc1cc(C)c(NC(C)(C)c2ccccc2C2c3ccccc3-c3ccccc32)c(C)c1. The Bertz CT molecular complexity index is 1240. The monoisotopic (exact) mass is 417 g/mol. The van der Waals surface area contributed by atoms with E-state index in [9.17, 15) is 0 Å². The second-order valence-corrected chi connectivity index (χ2v) is 9.72. The van der Waals surface area contributed by atoms with Crippen molar-refractivity contribution in [2.24, 2.45) is 0 Å². The van der Waals surface area contributed by atoms with Crippen LogP contribution in [0.25, 0.3) is 11.1 Å². The van der Waals surface area contributed by atoms with Gasteiger partial charge in [-0.25, -0.2) is 0 Å². The molecule has 0 bridgehead atoms. The smallest absolute Gasteiger partial charge is 0.0572 e. The summed E-state index contributed by atoms with van der Waals surface area (Å²) in [6.45, 7) is 11.2. The summed E-state index contributed by atoms with van der Waals surface area (Å²) in [5.41, 5.74) is 13.2. The molecule has 1 N–H and O–H groups in total. The molecule has 4 aromatic carbocycles. The normalized spacial score (nSPS) is 13.0. The van der Waals surface area contributed by atoms with Crippen LogP contribution in [0, 0.1) is 20.8 Å². The van der Waals surface area contributed by atoms with Gasteiger partial charge in [-0.15, -0.1) is 0 Å². The molecule has 4 aromatic rings. The molecule has 0 atom stereocenters. The summed E-state index contributed by atoms with van der Waals surface area (Å²) in [6.07, 6.45) is 0. The average Bonchev–Trinajstić information content (AvgIpc) is 3.11. The standard InChI is InChI=1S/C31H31N/c1-20-18-21(2)30(22(3)19-20)32-31(4,5)28-17-11-10-16-27(28)29-25-14-8-6-12-23(25)24-13-7-9-15-26(24)29/h6-19,29,32H,1-5H3. The molecule has 0 radical (unpaired) electrons. The predicted molar refractivity (Wildman–Crippen MR) is 137 cm³/mol. The highest BCUT2D eigenvalue weighted by atomic mass is 15.0. The second-order valence-electron chi connectivity index (χ2n) is 9.72. The van der Waals surface area contributed by atoms with Gasteiger partial charge >= 0.3 is 0 Å². The van der Waals surface area contributed by atoms with Gasteiger partial charge in [0, 0.05) is 11.6 Å². The number of benzene rings is 4. The van der Waals surface area contributed by atoms with E-state index in [4.69, 9.17) is 0 Å². The van der Waals surface area contributed by atoms with Crippen LogP contribution in [-0.2, 0) is 5.54 Å². The second kappa shape index (κ2) is 7.67. The quantitative estimate of drug-likeness (QED) is 0.311. The third-order valence-corrected chi connectivity index (χ3v) is 6.89. The van der Waals surface area contributed by atoms with Crippen LogP contribution in [0.3, 0.4) is 0 Å². The molecule has 0 saturated carbocycles. The zero-order valence-electron chi connectivity index (χ0n) is 19.7. The minimum absolute atomic E-state index is 0.228. The number of hydrogen-bond donors (Lipinski definition) is 1. The van der Waals surface area contributed by atoms with Crippen molar-refractivity contribution in [1.29, 1.82) is 0 Å². The maximum atomic E-state index is 3.91. The molecular weight excluding hydrogens is 386 g/mol. The van der Waals surface area contributed by atoms with Crippen LogP contribution in [0.1, 0.15) is 58.7 Å². The number of anilines is 1. The van der Waals surface area contributed by atoms with Crippen LogP contribution in [-0.4, -0.2) is 0 Å². The summed E-state index contributed by atoms with van der Waals surface area (Å²) in [5.74, 6) is 0.250.